The quantitative estimate of drug-likeness (QED) is 0.827. The zero-order chi connectivity index (χ0) is 9.80. The molecule has 0 aromatic carbocycles. The maximum atomic E-state index is 5.82. The lowest BCUT2D eigenvalue weighted by Gasteiger charge is -2.17. The number of ether oxygens (including phenoxy) is 1. The van der Waals surface area contributed by atoms with Gasteiger partial charge in [0.25, 0.3) is 0 Å². The maximum absolute atomic E-state index is 5.82. The summed E-state index contributed by atoms with van der Waals surface area (Å²) in [6.45, 7) is 1.40. The van der Waals surface area contributed by atoms with E-state index in [1.807, 2.05) is 11.6 Å². The fourth-order valence-corrected chi connectivity index (χ4v) is 2.53. The molecule has 1 aliphatic rings. The molecule has 0 amide bonds. The molecule has 0 saturated heterocycles. The maximum Gasteiger partial charge on any atom is 0.118 e. The molecule has 0 bridgehead atoms. The second-order valence-electron chi connectivity index (χ2n) is 3.70. The Balaban J connectivity index is 1.80. The van der Waals surface area contributed by atoms with Crippen LogP contribution in [0.4, 0.5) is 0 Å². The molecule has 1 aliphatic carbocycles. The number of nitrogens with zero attached hydrogens (tertiary/aromatic N) is 1. The summed E-state index contributed by atoms with van der Waals surface area (Å²) in [5.41, 5.74) is 5.68. The van der Waals surface area contributed by atoms with E-state index in [9.17, 15) is 0 Å². The van der Waals surface area contributed by atoms with Crippen molar-refractivity contribution in [3.05, 3.63) is 16.6 Å². The van der Waals surface area contributed by atoms with Crippen molar-refractivity contribution in [2.24, 2.45) is 11.7 Å². The van der Waals surface area contributed by atoms with E-state index in [1.54, 1.807) is 11.3 Å². The lowest BCUT2D eigenvalue weighted by atomic mass is 10.1. The molecule has 1 heterocycles. The fourth-order valence-electron chi connectivity index (χ4n) is 1.99. The summed E-state index contributed by atoms with van der Waals surface area (Å²) < 4.78 is 5.82. The number of hydrogen-bond acceptors (Lipinski definition) is 4. The normalized spacial score (nSPS) is 26.9. The van der Waals surface area contributed by atoms with Crippen LogP contribution >= 0.6 is 11.3 Å². The van der Waals surface area contributed by atoms with Crippen LogP contribution in [0.15, 0.2) is 11.6 Å². The molecule has 0 radical (unpaired) electrons. The van der Waals surface area contributed by atoms with Crippen LogP contribution in [0.1, 0.15) is 24.3 Å². The van der Waals surface area contributed by atoms with Gasteiger partial charge in [-0.2, -0.15) is 0 Å². The van der Waals surface area contributed by atoms with E-state index in [4.69, 9.17) is 10.5 Å². The Morgan fingerprint density at radius 1 is 1.57 bits per heavy atom. The molecule has 0 spiro atoms. The standard InChI is InChI=1S/C10H16N2OS/c11-6-8-2-1-3-9(8)13-7-10-12-4-5-14-10/h4-5,8-9H,1-3,6-7,11H2. The van der Waals surface area contributed by atoms with Gasteiger partial charge in [-0.3, -0.25) is 0 Å². The summed E-state index contributed by atoms with van der Waals surface area (Å²) in [6, 6.07) is 0. The molecule has 2 N–H and O–H groups in total. The first-order valence-electron chi connectivity index (χ1n) is 5.10. The van der Waals surface area contributed by atoms with E-state index in [0.29, 0.717) is 18.6 Å². The lowest BCUT2D eigenvalue weighted by Crippen LogP contribution is -2.25. The van der Waals surface area contributed by atoms with Gasteiger partial charge in [-0.05, 0) is 25.3 Å². The van der Waals surface area contributed by atoms with E-state index >= 15 is 0 Å². The third-order valence-corrected chi connectivity index (χ3v) is 3.55. The first-order valence-corrected chi connectivity index (χ1v) is 5.98. The van der Waals surface area contributed by atoms with E-state index < -0.39 is 0 Å². The Kier molecular flexibility index (Phi) is 3.50. The van der Waals surface area contributed by atoms with Crippen LogP contribution in [-0.2, 0) is 11.3 Å². The van der Waals surface area contributed by atoms with Crippen molar-refractivity contribution in [1.82, 2.24) is 4.98 Å². The molecular formula is C10H16N2OS. The highest BCUT2D eigenvalue weighted by Crippen LogP contribution is 2.28. The van der Waals surface area contributed by atoms with Gasteiger partial charge in [-0.15, -0.1) is 11.3 Å². The summed E-state index contributed by atoms with van der Waals surface area (Å²) >= 11 is 1.65. The van der Waals surface area contributed by atoms with Crippen LogP contribution in [0.25, 0.3) is 0 Å². The van der Waals surface area contributed by atoms with Crippen LogP contribution in [0.3, 0.4) is 0 Å². The fraction of sp³-hybridized carbons (Fsp3) is 0.700. The van der Waals surface area contributed by atoms with Crippen LogP contribution < -0.4 is 5.73 Å². The average Bonchev–Trinajstić information content (AvgIpc) is 2.85. The van der Waals surface area contributed by atoms with Crippen LogP contribution in [0, 0.1) is 5.92 Å². The van der Waals surface area contributed by atoms with Crippen molar-refractivity contribution >= 4 is 11.3 Å². The Hall–Kier alpha value is -0.450. The van der Waals surface area contributed by atoms with Crippen molar-refractivity contribution in [3.8, 4) is 0 Å². The van der Waals surface area contributed by atoms with Crippen LogP contribution in [0.5, 0.6) is 0 Å². The van der Waals surface area contributed by atoms with Crippen molar-refractivity contribution < 1.29 is 4.74 Å². The molecule has 1 aromatic rings. The lowest BCUT2D eigenvalue weighted by molar-refractivity contribution is 0.0182. The molecule has 14 heavy (non-hydrogen) atoms. The number of hydrogen-bond donors (Lipinski definition) is 1. The zero-order valence-corrected chi connectivity index (χ0v) is 9.00. The minimum Gasteiger partial charge on any atom is -0.371 e. The highest BCUT2D eigenvalue weighted by atomic mass is 32.1. The average molecular weight is 212 g/mol. The molecule has 1 saturated carbocycles. The third kappa shape index (κ3) is 2.32. The van der Waals surface area contributed by atoms with Gasteiger partial charge >= 0.3 is 0 Å². The number of rotatable bonds is 4. The van der Waals surface area contributed by atoms with Gasteiger partial charge in [0.2, 0.25) is 0 Å². The molecule has 2 rings (SSSR count). The second kappa shape index (κ2) is 4.87. The van der Waals surface area contributed by atoms with Gasteiger partial charge in [-0.25, -0.2) is 4.98 Å². The first kappa shape index (κ1) is 10.1. The Bertz CT molecular complexity index is 263. The smallest absolute Gasteiger partial charge is 0.118 e. The van der Waals surface area contributed by atoms with Crippen molar-refractivity contribution in [3.63, 3.8) is 0 Å². The van der Waals surface area contributed by atoms with Gasteiger partial charge in [0.15, 0.2) is 0 Å². The van der Waals surface area contributed by atoms with Gasteiger partial charge in [-0.1, -0.05) is 6.42 Å². The predicted octanol–water partition coefficient (Wildman–Crippen LogP) is 1.79. The van der Waals surface area contributed by atoms with Crippen LogP contribution in [-0.4, -0.2) is 17.6 Å². The van der Waals surface area contributed by atoms with Crippen molar-refractivity contribution in [2.45, 2.75) is 32.0 Å². The minimum absolute atomic E-state index is 0.365. The summed E-state index contributed by atoms with van der Waals surface area (Å²) in [5.74, 6) is 0.565. The zero-order valence-electron chi connectivity index (χ0n) is 8.19. The molecule has 3 nitrogen and oxygen atoms in total. The summed E-state index contributed by atoms with van der Waals surface area (Å²) in [4.78, 5) is 4.19. The molecular weight excluding hydrogens is 196 g/mol. The summed E-state index contributed by atoms with van der Waals surface area (Å²) in [6.07, 6.45) is 5.82. The Morgan fingerprint density at radius 2 is 2.50 bits per heavy atom. The molecule has 0 aliphatic heterocycles. The predicted molar refractivity (Wildman–Crippen MR) is 57.1 cm³/mol. The Labute approximate surface area is 88.3 Å². The molecule has 1 fully saturated rings. The van der Waals surface area contributed by atoms with Gasteiger partial charge < -0.3 is 10.5 Å². The van der Waals surface area contributed by atoms with Crippen LogP contribution in [0.2, 0.25) is 0 Å². The van der Waals surface area contributed by atoms with E-state index in [0.717, 1.165) is 18.0 Å². The minimum atomic E-state index is 0.365. The number of aromatic nitrogens is 1. The molecule has 2 unspecified atom stereocenters. The highest BCUT2D eigenvalue weighted by molar-refractivity contribution is 7.09. The largest absolute Gasteiger partial charge is 0.371 e. The van der Waals surface area contributed by atoms with Gasteiger partial charge in [0.05, 0.1) is 12.7 Å². The topological polar surface area (TPSA) is 48.1 Å². The second-order valence-corrected chi connectivity index (χ2v) is 4.68. The third-order valence-electron chi connectivity index (χ3n) is 2.80. The molecule has 1 aromatic heterocycles. The van der Waals surface area contributed by atoms with Crippen molar-refractivity contribution in [2.75, 3.05) is 6.54 Å². The monoisotopic (exact) mass is 212 g/mol. The highest BCUT2D eigenvalue weighted by Gasteiger charge is 2.26. The summed E-state index contributed by atoms with van der Waals surface area (Å²) in [7, 11) is 0. The van der Waals surface area contributed by atoms with E-state index in [-0.39, 0.29) is 0 Å². The van der Waals surface area contributed by atoms with Gasteiger partial charge in [0, 0.05) is 11.6 Å². The number of thiazole rings is 1. The van der Waals surface area contributed by atoms with E-state index in [1.165, 1.54) is 12.8 Å². The SMILES string of the molecule is NCC1CCCC1OCc1nccs1. The van der Waals surface area contributed by atoms with Gasteiger partial charge in [0.1, 0.15) is 5.01 Å². The molecule has 2 atom stereocenters. The Morgan fingerprint density at radius 3 is 3.21 bits per heavy atom. The van der Waals surface area contributed by atoms with E-state index in [2.05, 4.69) is 4.98 Å². The molecule has 78 valence electrons. The molecule has 4 heteroatoms. The summed E-state index contributed by atoms with van der Waals surface area (Å²) in [5, 5.41) is 3.04. The number of nitrogens with two attached hydrogens (primary N) is 1. The first-order chi connectivity index (χ1) is 6.90. The van der Waals surface area contributed by atoms with Crippen molar-refractivity contribution in [1.29, 1.82) is 0 Å².